The second kappa shape index (κ2) is 5.99. The Hall–Kier alpha value is -0.550. The van der Waals surface area contributed by atoms with Crippen molar-refractivity contribution in [3.63, 3.8) is 0 Å². The van der Waals surface area contributed by atoms with Crippen LogP contribution in [0.15, 0.2) is 24.3 Å². The van der Waals surface area contributed by atoms with E-state index in [0.29, 0.717) is 0 Å². The zero-order valence-corrected chi connectivity index (χ0v) is 9.44. The van der Waals surface area contributed by atoms with Crippen LogP contribution in [0, 0.1) is 0 Å². The van der Waals surface area contributed by atoms with Gasteiger partial charge in [0, 0.05) is 5.56 Å². The van der Waals surface area contributed by atoms with Crippen molar-refractivity contribution in [3.8, 4) is 5.75 Å². The van der Waals surface area contributed by atoms with Crippen LogP contribution in [0.3, 0.4) is 0 Å². The van der Waals surface area contributed by atoms with Crippen LogP contribution >= 0.6 is 0 Å². The fraction of sp³-hybridized carbons (Fsp3) is 0.125. The van der Waals surface area contributed by atoms with Gasteiger partial charge in [0.2, 0.25) is 0 Å². The summed E-state index contributed by atoms with van der Waals surface area (Å²) in [4.78, 5) is 19.4. The second-order valence-electron chi connectivity index (χ2n) is 2.03. The molecule has 0 heterocycles. The minimum absolute atomic E-state index is 0. The van der Waals surface area contributed by atoms with E-state index in [0.717, 1.165) is 0 Å². The number of para-hydroxylation sites is 1. The molecule has 1 rings (SSSR count). The van der Waals surface area contributed by atoms with Gasteiger partial charge in [0.05, 0.1) is 13.1 Å². The molecule has 64 valence electrons. The Labute approximate surface area is 97.7 Å². The van der Waals surface area contributed by atoms with Crippen molar-refractivity contribution in [1.82, 2.24) is 0 Å². The Morgan fingerprint density at radius 2 is 2.00 bits per heavy atom. The number of carbonyl (C=O) groups excluding carboxylic acids is 1. The molecule has 0 aliphatic carbocycles. The predicted molar refractivity (Wildman–Crippen MR) is 38.4 cm³/mol. The number of hydrogen-bond acceptors (Lipinski definition) is 4. The molecule has 0 aliphatic heterocycles. The molecule has 0 saturated carbocycles. The quantitative estimate of drug-likeness (QED) is 0.289. The summed E-state index contributed by atoms with van der Waals surface area (Å²) in [7, 11) is 1.30. The van der Waals surface area contributed by atoms with E-state index >= 15 is 0 Å². The molecule has 0 amide bonds. The maximum absolute atomic E-state index is 10.4. The minimum atomic E-state index is -1.29. The number of benzene rings is 1. The summed E-state index contributed by atoms with van der Waals surface area (Å²) in [6.07, 6.45) is 0. The fourth-order valence-corrected chi connectivity index (χ4v) is 0.798. The molecule has 0 bridgehead atoms. The summed E-state index contributed by atoms with van der Waals surface area (Å²) in [6, 6.07) is 6.08. The van der Waals surface area contributed by atoms with Gasteiger partial charge in [-0.05, 0) is 12.1 Å². The summed E-state index contributed by atoms with van der Waals surface area (Å²) in [5.74, 6) is -1.15. The molecule has 0 aromatic heterocycles. The summed E-state index contributed by atoms with van der Waals surface area (Å²) in [5, 5.41) is 10.4. The Bertz CT molecular complexity index is 287. The van der Waals surface area contributed by atoms with E-state index in [2.05, 4.69) is 9.78 Å². The normalized spacial score (nSPS) is 8.69. The van der Waals surface area contributed by atoms with Crippen LogP contribution in [0.4, 0.5) is 0 Å². The number of carboxylic acids is 1. The molecule has 0 saturated heterocycles. The smallest absolute Gasteiger partial charge is 0.545 e. The van der Waals surface area contributed by atoms with Crippen LogP contribution in [0.2, 0.25) is 0 Å². The number of carboxylic acid groups (broad SMARTS) is 1. The van der Waals surface area contributed by atoms with Gasteiger partial charge < -0.3 is 14.8 Å². The molecule has 5 heteroatoms. The SMILES string of the molecule is COOc1ccccc1C(=O)[O-].[Na+]. The third kappa shape index (κ3) is 3.36. The van der Waals surface area contributed by atoms with Crippen molar-refractivity contribution in [2.75, 3.05) is 7.11 Å². The predicted octanol–water partition coefficient (Wildman–Crippen LogP) is -3.01. The summed E-state index contributed by atoms with van der Waals surface area (Å²) >= 11 is 0. The van der Waals surface area contributed by atoms with Crippen LogP contribution in [0.5, 0.6) is 5.75 Å². The molecule has 4 nitrogen and oxygen atoms in total. The summed E-state index contributed by atoms with van der Waals surface area (Å²) in [5.41, 5.74) is -0.0284. The monoisotopic (exact) mass is 190 g/mol. The first kappa shape index (κ1) is 12.4. The maximum Gasteiger partial charge on any atom is 1.00 e. The molecule has 0 radical (unpaired) electrons. The van der Waals surface area contributed by atoms with Gasteiger partial charge in [-0.3, -0.25) is 0 Å². The average Bonchev–Trinajstić information content (AvgIpc) is 2.05. The maximum atomic E-state index is 10.4. The Morgan fingerprint density at radius 3 is 2.54 bits per heavy atom. The van der Waals surface area contributed by atoms with Gasteiger partial charge in [0.1, 0.15) is 0 Å². The van der Waals surface area contributed by atoms with Crippen molar-refractivity contribution in [1.29, 1.82) is 0 Å². The Balaban J connectivity index is 0.00000144. The number of rotatable bonds is 3. The van der Waals surface area contributed by atoms with Crippen LogP contribution in [-0.4, -0.2) is 13.1 Å². The summed E-state index contributed by atoms with van der Waals surface area (Å²) in [6.45, 7) is 0. The van der Waals surface area contributed by atoms with E-state index in [4.69, 9.17) is 0 Å². The van der Waals surface area contributed by atoms with Crippen molar-refractivity contribution in [3.05, 3.63) is 29.8 Å². The van der Waals surface area contributed by atoms with Crippen molar-refractivity contribution >= 4 is 5.97 Å². The molecule has 13 heavy (non-hydrogen) atoms. The third-order valence-electron chi connectivity index (χ3n) is 1.28. The van der Waals surface area contributed by atoms with Gasteiger partial charge in [-0.1, -0.05) is 12.1 Å². The number of carbonyl (C=O) groups is 1. The van der Waals surface area contributed by atoms with E-state index in [1.807, 2.05) is 0 Å². The van der Waals surface area contributed by atoms with Gasteiger partial charge in [0.25, 0.3) is 0 Å². The standard InChI is InChI=1S/C8H8O4.Na/c1-11-12-7-5-3-2-4-6(7)8(9)10;/h2-5H,1H3,(H,9,10);/q;+1/p-1. The number of aromatic carboxylic acids is 1. The molecule has 0 fully saturated rings. The van der Waals surface area contributed by atoms with Gasteiger partial charge in [-0.2, -0.15) is 4.89 Å². The molecule has 1 aromatic carbocycles. The topological polar surface area (TPSA) is 58.6 Å². The van der Waals surface area contributed by atoms with Crippen LogP contribution < -0.4 is 39.6 Å². The molecule has 1 aromatic rings. The molecular weight excluding hydrogens is 183 g/mol. The van der Waals surface area contributed by atoms with Gasteiger partial charge >= 0.3 is 29.6 Å². The van der Waals surface area contributed by atoms with Crippen molar-refractivity contribution in [2.45, 2.75) is 0 Å². The Kier molecular flexibility index (Phi) is 5.73. The summed E-state index contributed by atoms with van der Waals surface area (Å²) < 4.78 is 0. The van der Waals surface area contributed by atoms with Crippen molar-refractivity contribution < 1.29 is 49.2 Å². The van der Waals surface area contributed by atoms with E-state index in [9.17, 15) is 9.90 Å². The first-order valence-electron chi connectivity index (χ1n) is 3.26. The first-order chi connectivity index (χ1) is 5.75. The molecule has 0 atom stereocenters. The molecule has 0 unspecified atom stereocenters. The molecule has 0 spiro atoms. The van der Waals surface area contributed by atoms with Crippen LogP contribution in [-0.2, 0) is 4.89 Å². The average molecular weight is 190 g/mol. The first-order valence-corrected chi connectivity index (χ1v) is 3.26. The van der Waals surface area contributed by atoms with E-state index in [-0.39, 0.29) is 40.9 Å². The number of hydrogen-bond donors (Lipinski definition) is 0. The zero-order chi connectivity index (χ0) is 8.97. The van der Waals surface area contributed by atoms with E-state index in [1.54, 1.807) is 12.1 Å². The molecule has 0 aliphatic rings. The largest absolute Gasteiger partial charge is 1.00 e. The van der Waals surface area contributed by atoms with Gasteiger partial charge in [-0.15, -0.1) is 0 Å². The van der Waals surface area contributed by atoms with Crippen molar-refractivity contribution in [2.24, 2.45) is 0 Å². The van der Waals surface area contributed by atoms with E-state index in [1.165, 1.54) is 19.2 Å². The van der Waals surface area contributed by atoms with Gasteiger partial charge in [0.15, 0.2) is 5.75 Å². The third-order valence-corrected chi connectivity index (χ3v) is 1.28. The minimum Gasteiger partial charge on any atom is -0.545 e. The van der Waals surface area contributed by atoms with Crippen LogP contribution in [0.1, 0.15) is 10.4 Å². The molecular formula is C8H7NaO4. The van der Waals surface area contributed by atoms with Gasteiger partial charge in [-0.25, -0.2) is 0 Å². The molecule has 0 N–H and O–H groups in total. The fourth-order valence-electron chi connectivity index (χ4n) is 0.798. The zero-order valence-electron chi connectivity index (χ0n) is 7.44. The second-order valence-corrected chi connectivity index (χ2v) is 2.03. The van der Waals surface area contributed by atoms with E-state index < -0.39 is 5.97 Å². The van der Waals surface area contributed by atoms with Crippen LogP contribution in [0.25, 0.3) is 0 Å². The Morgan fingerprint density at radius 1 is 1.38 bits per heavy atom.